The number of thioether (sulfide) groups is 1. The van der Waals surface area contributed by atoms with Crippen molar-refractivity contribution in [2.45, 2.75) is 26.3 Å². The van der Waals surface area contributed by atoms with E-state index in [4.69, 9.17) is 9.40 Å². The highest BCUT2D eigenvalue weighted by Gasteiger charge is 2.25. The summed E-state index contributed by atoms with van der Waals surface area (Å²) < 4.78 is 5.19. The van der Waals surface area contributed by atoms with Crippen molar-refractivity contribution in [2.24, 2.45) is 5.92 Å². The lowest BCUT2D eigenvalue weighted by atomic mass is 9.97. The van der Waals surface area contributed by atoms with Gasteiger partial charge < -0.3 is 14.6 Å². The van der Waals surface area contributed by atoms with Gasteiger partial charge in [0.25, 0.3) is 11.1 Å². The molecular weight excluding hydrogens is 464 g/mol. The van der Waals surface area contributed by atoms with E-state index >= 15 is 0 Å². The smallest absolute Gasteiger partial charge is 0.290 e. The van der Waals surface area contributed by atoms with Crippen molar-refractivity contribution < 1.29 is 14.0 Å². The molecule has 2 saturated heterocycles. The van der Waals surface area contributed by atoms with Gasteiger partial charge in [0.2, 0.25) is 5.95 Å². The van der Waals surface area contributed by atoms with Crippen LogP contribution in [0.15, 0.2) is 52.3 Å². The van der Waals surface area contributed by atoms with Gasteiger partial charge in [0.15, 0.2) is 0 Å². The highest BCUT2D eigenvalue weighted by molar-refractivity contribution is 8.18. The molecule has 10 heteroatoms. The van der Waals surface area contributed by atoms with Crippen molar-refractivity contribution in [3.05, 3.63) is 64.8 Å². The summed E-state index contributed by atoms with van der Waals surface area (Å²) in [5.74, 6) is 0.836. The third kappa shape index (κ3) is 5.77. The summed E-state index contributed by atoms with van der Waals surface area (Å²) in [7, 11) is 0. The van der Waals surface area contributed by atoms with Crippen LogP contribution in [-0.4, -0.2) is 45.7 Å². The maximum Gasteiger partial charge on any atom is 0.290 e. The molecule has 180 valence electrons. The van der Waals surface area contributed by atoms with Crippen molar-refractivity contribution >= 4 is 34.9 Å². The van der Waals surface area contributed by atoms with Gasteiger partial charge in [-0.05, 0) is 79.9 Å². The van der Waals surface area contributed by atoms with Gasteiger partial charge in [-0.1, -0.05) is 0 Å². The number of nitrogens with zero attached hydrogens (tertiary/aromatic N) is 4. The number of carbonyl (C=O) groups is 2. The van der Waals surface area contributed by atoms with Crippen LogP contribution >= 0.6 is 11.8 Å². The quantitative estimate of drug-likeness (QED) is 0.478. The van der Waals surface area contributed by atoms with Crippen LogP contribution in [0, 0.1) is 12.8 Å². The molecule has 0 atom stereocenters. The number of anilines is 1. The molecule has 9 nitrogen and oxygen atoms in total. The number of aromatic nitrogens is 3. The molecule has 0 unspecified atom stereocenters. The van der Waals surface area contributed by atoms with Crippen molar-refractivity contribution in [1.82, 2.24) is 25.6 Å². The van der Waals surface area contributed by atoms with Crippen molar-refractivity contribution in [2.75, 3.05) is 24.5 Å². The Morgan fingerprint density at radius 2 is 2.09 bits per heavy atom. The van der Waals surface area contributed by atoms with Gasteiger partial charge in [0, 0.05) is 31.4 Å². The summed E-state index contributed by atoms with van der Waals surface area (Å²) in [6.07, 6.45) is 8.77. The zero-order chi connectivity index (χ0) is 24.2. The summed E-state index contributed by atoms with van der Waals surface area (Å²) in [6, 6.07) is 7.84. The molecule has 2 amide bonds. The van der Waals surface area contributed by atoms with Gasteiger partial charge in [-0.2, -0.15) is 0 Å². The zero-order valence-electron chi connectivity index (χ0n) is 19.4. The summed E-state index contributed by atoms with van der Waals surface area (Å²) >= 11 is 0.889. The highest BCUT2D eigenvalue weighted by atomic mass is 32.2. The number of furan rings is 1. The fraction of sp³-hybridized carbons (Fsp3) is 0.320. The van der Waals surface area contributed by atoms with Crippen molar-refractivity contribution in [3.8, 4) is 11.3 Å². The first-order valence-corrected chi connectivity index (χ1v) is 12.4. The minimum Gasteiger partial charge on any atom is -0.472 e. The molecule has 0 aliphatic carbocycles. The largest absolute Gasteiger partial charge is 0.472 e. The Morgan fingerprint density at radius 3 is 2.83 bits per heavy atom. The number of piperidine rings is 1. The predicted molar refractivity (Wildman–Crippen MR) is 134 cm³/mol. The first-order valence-electron chi connectivity index (χ1n) is 11.6. The molecule has 0 spiro atoms. The normalized spacial score (nSPS) is 17.9. The first kappa shape index (κ1) is 23.3. The molecule has 2 N–H and O–H groups in total. The van der Waals surface area contributed by atoms with Crippen LogP contribution in [-0.2, 0) is 11.3 Å². The summed E-state index contributed by atoms with van der Waals surface area (Å²) in [5.41, 5.74) is 4.74. The van der Waals surface area contributed by atoms with Crippen LogP contribution in [0.2, 0.25) is 0 Å². The van der Waals surface area contributed by atoms with E-state index in [0.29, 0.717) is 22.5 Å². The first-order chi connectivity index (χ1) is 17.0. The van der Waals surface area contributed by atoms with Gasteiger partial charge >= 0.3 is 0 Å². The Morgan fingerprint density at radius 1 is 1.23 bits per heavy atom. The number of imide groups is 1. The minimum atomic E-state index is -0.382. The Labute approximate surface area is 207 Å². The zero-order valence-corrected chi connectivity index (χ0v) is 20.2. The molecule has 0 aromatic carbocycles. The van der Waals surface area contributed by atoms with Crippen LogP contribution in [0.1, 0.15) is 29.8 Å². The summed E-state index contributed by atoms with van der Waals surface area (Å²) in [5, 5.41) is 5.47. The molecule has 0 saturated carbocycles. The Kier molecular flexibility index (Phi) is 6.91. The molecule has 2 aliphatic rings. The number of nitrogens with one attached hydrogen (secondary N) is 2. The molecule has 0 radical (unpaired) electrons. The van der Waals surface area contributed by atoms with E-state index in [1.807, 2.05) is 6.07 Å². The molecular formula is C25H26N6O3S. The van der Waals surface area contributed by atoms with Crippen LogP contribution in [0.5, 0.6) is 0 Å². The monoisotopic (exact) mass is 490 g/mol. The number of aryl methyl sites for hydroxylation is 1. The van der Waals surface area contributed by atoms with E-state index < -0.39 is 0 Å². The van der Waals surface area contributed by atoms with Crippen molar-refractivity contribution in [3.63, 3.8) is 0 Å². The Hall–Kier alpha value is -3.50. The van der Waals surface area contributed by atoms with E-state index in [1.54, 1.807) is 30.9 Å². The lowest BCUT2D eigenvalue weighted by Gasteiger charge is -2.32. The van der Waals surface area contributed by atoms with Gasteiger partial charge in [-0.3, -0.25) is 19.9 Å². The molecule has 2 fully saturated rings. The van der Waals surface area contributed by atoms with Crippen LogP contribution in [0.3, 0.4) is 0 Å². The number of amides is 2. The summed E-state index contributed by atoms with van der Waals surface area (Å²) in [6.45, 7) is 5.47. The second kappa shape index (κ2) is 10.4. The van der Waals surface area contributed by atoms with E-state index in [-0.39, 0.29) is 11.1 Å². The van der Waals surface area contributed by atoms with E-state index in [9.17, 15) is 9.59 Å². The molecule has 2 aliphatic heterocycles. The van der Waals surface area contributed by atoms with E-state index in [1.165, 1.54) is 5.56 Å². The number of pyridine rings is 1. The second-order valence-electron chi connectivity index (χ2n) is 8.73. The summed E-state index contributed by atoms with van der Waals surface area (Å²) in [4.78, 5) is 39.5. The minimum absolute atomic E-state index is 0.351. The van der Waals surface area contributed by atoms with E-state index in [2.05, 4.69) is 44.6 Å². The fourth-order valence-corrected chi connectivity index (χ4v) is 4.95. The number of hydrogen-bond acceptors (Lipinski definition) is 9. The van der Waals surface area contributed by atoms with Crippen LogP contribution < -0.4 is 15.5 Å². The second-order valence-corrected chi connectivity index (χ2v) is 9.74. The molecule has 5 heterocycles. The lowest BCUT2D eigenvalue weighted by Crippen LogP contribution is -2.38. The predicted octanol–water partition coefficient (Wildman–Crippen LogP) is 3.77. The third-order valence-electron chi connectivity index (χ3n) is 6.06. The SMILES string of the molecule is Cc1cc(CNCC2CCN(c3nccc(/C=C4\SC(=O)NC4=O)n3)CC2)nc(-c2ccoc2)c1. The van der Waals surface area contributed by atoms with Gasteiger partial charge in [-0.25, -0.2) is 9.97 Å². The number of carbonyl (C=O) groups excluding carboxylic acids is 2. The Bertz CT molecular complexity index is 1250. The number of hydrogen-bond donors (Lipinski definition) is 2. The highest BCUT2D eigenvalue weighted by Crippen LogP contribution is 2.26. The molecule has 35 heavy (non-hydrogen) atoms. The molecule has 0 bridgehead atoms. The standard InChI is InChI=1S/C25H26N6O3S/c1-16-10-20(28-21(11-16)18-5-9-34-15-18)14-26-13-17-3-7-31(8-4-17)24-27-6-2-19(29-24)12-22-23(32)30-25(33)35-22/h2,5-6,9-12,15,17,26H,3-4,7-8,13-14H2,1H3,(H,30,32,33)/b22-12-. The van der Waals surface area contributed by atoms with Gasteiger partial charge in [0.05, 0.1) is 34.5 Å². The average Bonchev–Trinajstić information content (AvgIpc) is 3.49. The van der Waals surface area contributed by atoms with Crippen LogP contribution in [0.25, 0.3) is 17.3 Å². The average molecular weight is 491 g/mol. The fourth-order valence-electron chi connectivity index (χ4n) is 4.28. The maximum absolute atomic E-state index is 11.8. The molecule has 3 aromatic heterocycles. The molecule has 5 rings (SSSR count). The number of rotatable bonds is 7. The van der Waals surface area contributed by atoms with Gasteiger partial charge in [-0.15, -0.1) is 0 Å². The molecule has 3 aromatic rings. The van der Waals surface area contributed by atoms with Crippen molar-refractivity contribution in [1.29, 1.82) is 0 Å². The topological polar surface area (TPSA) is 113 Å². The third-order valence-corrected chi connectivity index (χ3v) is 6.87. The maximum atomic E-state index is 11.8. The van der Waals surface area contributed by atoms with E-state index in [0.717, 1.165) is 67.7 Å². The van der Waals surface area contributed by atoms with Gasteiger partial charge in [0.1, 0.15) is 0 Å². The Balaban J connectivity index is 1.12. The lowest BCUT2D eigenvalue weighted by molar-refractivity contribution is -0.115. The van der Waals surface area contributed by atoms with Crippen LogP contribution in [0.4, 0.5) is 10.7 Å².